The molecule has 102 valence electrons. The summed E-state index contributed by atoms with van der Waals surface area (Å²) >= 11 is 6.30. The molecular weight excluding hydrogens is 246 g/mol. The Labute approximate surface area is 115 Å². The van der Waals surface area contributed by atoms with Gasteiger partial charge in [-0.05, 0) is 44.9 Å². The molecule has 1 aromatic rings. The first-order valence-electron chi connectivity index (χ1n) is 6.92. The van der Waals surface area contributed by atoms with Crippen LogP contribution in [0, 0.1) is 12.8 Å². The van der Waals surface area contributed by atoms with Gasteiger partial charge < -0.3 is 5.73 Å². The molecule has 0 bridgehead atoms. The van der Waals surface area contributed by atoms with Crippen molar-refractivity contribution < 1.29 is 0 Å². The Morgan fingerprint density at radius 3 is 2.50 bits per heavy atom. The third-order valence-electron chi connectivity index (χ3n) is 4.48. The van der Waals surface area contributed by atoms with E-state index < -0.39 is 0 Å². The maximum Gasteiger partial charge on any atom is 0.130 e. The Kier molecular flexibility index (Phi) is 4.02. The van der Waals surface area contributed by atoms with Crippen LogP contribution >= 0.6 is 11.6 Å². The Bertz CT molecular complexity index is 417. The van der Waals surface area contributed by atoms with Crippen molar-refractivity contribution in [2.45, 2.75) is 57.9 Å². The number of aromatic nitrogens is 2. The molecule has 0 radical (unpaired) electrons. The fraction of sp³-hybridized carbons (Fsp3) is 0.786. The maximum atomic E-state index is 6.56. The summed E-state index contributed by atoms with van der Waals surface area (Å²) in [7, 11) is 1.88. The molecule has 0 atom stereocenters. The van der Waals surface area contributed by atoms with Gasteiger partial charge in [0.15, 0.2) is 0 Å². The van der Waals surface area contributed by atoms with Crippen LogP contribution < -0.4 is 5.73 Å². The lowest BCUT2D eigenvalue weighted by molar-refractivity contribution is 0.228. The van der Waals surface area contributed by atoms with Gasteiger partial charge >= 0.3 is 0 Å². The number of hydrogen-bond donors (Lipinski definition) is 1. The molecule has 0 aromatic carbocycles. The zero-order valence-corrected chi connectivity index (χ0v) is 12.4. The minimum absolute atomic E-state index is 0.0803. The van der Waals surface area contributed by atoms with Crippen molar-refractivity contribution in [1.29, 1.82) is 0 Å². The zero-order chi connectivity index (χ0) is 13.3. The van der Waals surface area contributed by atoms with E-state index in [4.69, 9.17) is 17.3 Å². The van der Waals surface area contributed by atoms with Crippen LogP contribution in [-0.2, 0) is 13.5 Å². The molecule has 18 heavy (non-hydrogen) atoms. The first-order chi connectivity index (χ1) is 8.45. The predicted molar refractivity (Wildman–Crippen MR) is 75.8 cm³/mol. The molecule has 1 saturated carbocycles. The predicted octanol–water partition coefficient (Wildman–Crippen LogP) is 3.22. The summed E-state index contributed by atoms with van der Waals surface area (Å²) in [5.74, 6) is 0.868. The molecule has 2 rings (SSSR count). The highest BCUT2D eigenvalue weighted by Gasteiger charge is 2.33. The molecule has 0 saturated heterocycles. The summed E-state index contributed by atoms with van der Waals surface area (Å²) < 4.78 is 1.74. The lowest BCUT2D eigenvalue weighted by atomic mass is 9.73. The molecule has 2 N–H and O–H groups in total. The van der Waals surface area contributed by atoms with Crippen molar-refractivity contribution in [3.8, 4) is 0 Å². The van der Waals surface area contributed by atoms with Gasteiger partial charge in [-0.2, -0.15) is 5.10 Å². The highest BCUT2D eigenvalue weighted by Crippen LogP contribution is 2.35. The van der Waals surface area contributed by atoms with E-state index >= 15 is 0 Å². The van der Waals surface area contributed by atoms with Crippen molar-refractivity contribution in [3.63, 3.8) is 0 Å². The van der Waals surface area contributed by atoms with Gasteiger partial charge in [-0.15, -0.1) is 0 Å². The van der Waals surface area contributed by atoms with Gasteiger partial charge in [0.2, 0.25) is 0 Å². The van der Waals surface area contributed by atoms with Crippen molar-refractivity contribution in [3.05, 3.63) is 16.4 Å². The van der Waals surface area contributed by atoms with Crippen LogP contribution in [0.4, 0.5) is 0 Å². The quantitative estimate of drug-likeness (QED) is 0.916. The van der Waals surface area contributed by atoms with E-state index in [2.05, 4.69) is 12.0 Å². The van der Waals surface area contributed by atoms with Gasteiger partial charge in [0.1, 0.15) is 5.15 Å². The Hall–Kier alpha value is -0.540. The molecule has 0 unspecified atom stereocenters. The van der Waals surface area contributed by atoms with Crippen LogP contribution in [0.3, 0.4) is 0 Å². The summed E-state index contributed by atoms with van der Waals surface area (Å²) in [6.07, 6.45) is 6.87. The Morgan fingerprint density at radius 2 is 2.06 bits per heavy atom. The van der Waals surface area contributed by atoms with E-state index in [0.717, 1.165) is 41.6 Å². The SMILES string of the molecule is CCC1CCC(N)(Cc2c(C)nn(C)c2Cl)CC1. The first-order valence-corrected chi connectivity index (χ1v) is 7.30. The van der Waals surface area contributed by atoms with Gasteiger partial charge in [0.25, 0.3) is 0 Å². The average molecular weight is 270 g/mol. The molecule has 4 heteroatoms. The molecule has 3 nitrogen and oxygen atoms in total. The molecule has 0 spiro atoms. The van der Waals surface area contributed by atoms with Crippen LogP contribution in [0.1, 0.15) is 50.3 Å². The molecule has 1 heterocycles. The molecule has 1 aliphatic rings. The average Bonchev–Trinajstić information content (AvgIpc) is 2.57. The van der Waals surface area contributed by atoms with E-state index in [1.807, 2.05) is 14.0 Å². The van der Waals surface area contributed by atoms with Crippen LogP contribution in [0.2, 0.25) is 5.15 Å². The van der Waals surface area contributed by atoms with Crippen LogP contribution in [-0.4, -0.2) is 15.3 Å². The Morgan fingerprint density at radius 1 is 1.44 bits per heavy atom. The Balaban J connectivity index is 2.09. The smallest absolute Gasteiger partial charge is 0.130 e. The van der Waals surface area contributed by atoms with Crippen molar-refractivity contribution in [2.24, 2.45) is 18.7 Å². The number of nitrogens with two attached hydrogens (primary N) is 1. The number of hydrogen-bond acceptors (Lipinski definition) is 2. The first kappa shape index (κ1) is 13.9. The molecule has 1 fully saturated rings. The monoisotopic (exact) mass is 269 g/mol. The van der Waals surface area contributed by atoms with Crippen molar-refractivity contribution in [2.75, 3.05) is 0 Å². The van der Waals surface area contributed by atoms with Crippen molar-refractivity contribution >= 4 is 11.6 Å². The maximum absolute atomic E-state index is 6.56. The third-order valence-corrected chi connectivity index (χ3v) is 4.95. The zero-order valence-electron chi connectivity index (χ0n) is 11.7. The second kappa shape index (κ2) is 5.22. The van der Waals surface area contributed by atoms with Gasteiger partial charge in [-0.3, -0.25) is 4.68 Å². The van der Waals surface area contributed by atoms with Crippen LogP contribution in [0.15, 0.2) is 0 Å². The summed E-state index contributed by atoms with van der Waals surface area (Å²) in [6.45, 7) is 4.29. The van der Waals surface area contributed by atoms with Gasteiger partial charge in [-0.25, -0.2) is 0 Å². The molecule has 0 aliphatic heterocycles. The lowest BCUT2D eigenvalue weighted by Gasteiger charge is -2.37. The molecular formula is C14H24ClN3. The summed E-state index contributed by atoms with van der Waals surface area (Å²) in [6, 6.07) is 0. The number of halogens is 1. The lowest BCUT2D eigenvalue weighted by Crippen LogP contribution is -2.45. The number of rotatable bonds is 3. The van der Waals surface area contributed by atoms with Crippen molar-refractivity contribution in [1.82, 2.24) is 9.78 Å². The van der Waals surface area contributed by atoms with E-state index in [1.54, 1.807) is 4.68 Å². The van der Waals surface area contributed by atoms with Gasteiger partial charge in [-0.1, -0.05) is 24.9 Å². The largest absolute Gasteiger partial charge is 0.325 e. The molecule has 0 amide bonds. The van der Waals surface area contributed by atoms with E-state index in [1.165, 1.54) is 19.3 Å². The van der Waals surface area contributed by atoms with Crippen LogP contribution in [0.5, 0.6) is 0 Å². The van der Waals surface area contributed by atoms with E-state index in [-0.39, 0.29) is 5.54 Å². The van der Waals surface area contributed by atoms with Gasteiger partial charge in [0, 0.05) is 18.2 Å². The topological polar surface area (TPSA) is 43.8 Å². The minimum Gasteiger partial charge on any atom is -0.325 e. The minimum atomic E-state index is -0.0803. The highest BCUT2D eigenvalue weighted by molar-refractivity contribution is 6.30. The second-order valence-electron chi connectivity index (χ2n) is 5.87. The normalized spacial score (nSPS) is 28.6. The number of aryl methyl sites for hydroxylation is 2. The van der Waals surface area contributed by atoms with E-state index in [9.17, 15) is 0 Å². The van der Waals surface area contributed by atoms with Gasteiger partial charge in [0.05, 0.1) is 5.69 Å². The van der Waals surface area contributed by atoms with E-state index in [0.29, 0.717) is 0 Å². The molecule has 1 aromatic heterocycles. The number of nitrogens with zero attached hydrogens (tertiary/aromatic N) is 2. The fourth-order valence-electron chi connectivity index (χ4n) is 3.06. The third kappa shape index (κ3) is 2.72. The summed E-state index contributed by atoms with van der Waals surface area (Å²) in [5, 5.41) is 5.11. The fourth-order valence-corrected chi connectivity index (χ4v) is 3.31. The summed E-state index contributed by atoms with van der Waals surface area (Å²) in [4.78, 5) is 0. The van der Waals surface area contributed by atoms with Crippen LogP contribution in [0.25, 0.3) is 0 Å². The molecule has 1 aliphatic carbocycles. The highest BCUT2D eigenvalue weighted by atomic mass is 35.5. The summed E-state index contributed by atoms with van der Waals surface area (Å²) in [5.41, 5.74) is 8.63. The second-order valence-corrected chi connectivity index (χ2v) is 6.23. The standard InChI is InChI=1S/C14H24ClN3/c1-4-11-5-7-14(16,8-6-11)9-12-10(2)17-18(3)13(12)15/h11H,4-9,16H2,1-3H3.